The van der Waals surface area contributed by atoms with E-state index < -0.39 is 5.41 Å². The monoisotopic (exact) mass is 375 g/mol. The van der Waals surface area contributed by atoms with Crippen molar-refractivity contribution in [2.45, 2.75) is 31.8 Å². The molecule has 1 aromatic carbocycles. The Morgan fingerprint density at radius 2 is 1.93 bits per heavy atom. The second-order valence-electron chi connectivity index (χ2n) is 7.66. The number of nitrogens with zero attached hydrogens (tertiary/aromatic N) is 2. The molecule has 1 aromatic rings. The highest BCUT2D eigenvalue weighted by Gasteiger charge is 2.58. The first kappa shape index (κ1) is 18.2. The highest BCUT2D eigenvalue weighted by atomic mass is 19.1. The van der Waals surface area contributed by atoms with Crippen LogP contribution in [-0.2, 0) is 14.3 Å². The molecule has 0 radical (unpaired) electrons. The Balaban J connectivity index is 1.32. The smallest absolute Gasteiger partial charge is 0.238 e. The number of anilines is 1. The van der Waals surface area contributed by atoms with E-state index in [1.807, 2.05) is 11.0 Å². The third-order valence-electron chi connectivity index (χ3n) is 5.87. The topological polar surface area (TPSA) is 61.9 Å². The van der Waals surface area contributed by atoms with Crippen LogP contribution in [0.2, 0.25) is 0 Å². The molecule has 1 aliphatic carbocycles. The van der Waals surface area contributed by atoms with Gasteiger partial charge in [-0.2, -0.15) is 0 Å². The molecule has 6 nitrogen and oxygen atoms in total. The fourth-order valence-electron chi connectivity index (χ4n) is 4.01. The van der Waals surface area contributed by atoms with Crippen LogP contribution in [0.25, 0.3) is 0 Å². The van der Waals surface area contributed by atoms with Crippen molar-refractivity contribution in [3.8, 4) is 0 Å². The van der Waals surface area contributed by atoms with Crippen LogP contribution >= 0.6 is 0 Å². The number of ether oxygens (including phenoxy) is 1. The molecule has 7 heteroatoms. The summed E-state index contributed by atoms with van der Waals surface area (Å²) in [6, 6.07) is 6.69. The van der Waals surface area contributed by atoms with Crippen molar-refractivity contribution in [3.05, 3.63) is 30.1 Å². The Morgan fingerprint density at radius 3 is 2.56 bits per heavy atom. The molecule has 2 heterocycles. The predicted octanol–water partition coefficient (Wildman–Crippen LogP) is 1.55. The van der Waals surface area contributed by atoms with Crippen molar-refractivity contribution in [2.75, 3.05) is 44.2 Å². The maximum atomic E-state index is 14.0. The van der Waals surface area contributed by atoms with Crippen molar-refractivity contribution < 1.29 is 18.7 Å². The molecular weight excluding hydrogens is 349 g/mol. The molecular formula is C20H26FN3O3. The van der Waals surface area contributed by atoms with Gasteiger partial charge in [0.05, 0.1) is 11.8 Å². The van der Waals surface area contributed by atoms with Crippen LogP contribution in [0.1, 0.15) is 25.7 Å². The molecule has 2 saturated heterocycles. The number of benzene rings is 1. The number of hydrogen-bond acceptors (Lipinski definition) is 4. The summed E-state index contributed by atoms with van der Waals surface area (Å²) in [5.41, 5.74) is -0.321. The van der Waals surface area contributed by atoms with E-state index in [0.717, 1.165) is 19.4 Å². The lowest BCUT2D eigenvalue weighted by Gasteiger charge is -2.37. The second kappa shape index (κ2) is 7.46. The van der Waals surface area contributed by atoms with Gasteiger partial charge in [0, 0.05) is 39.3 Å². The first-order valence-electron chi connectivity index (χ1n) is 9.79. The molecule has 1 unspecified atom stereocenters. The molecule has 146 valence electrons. The van der Waals surface area contributed by atoms with Crippen molar-refractivity contribution in [1.29, 1.82) is 0 Å². The number of halogens is 1. The van der Waals surface area contributed by atoms with E-state index in [4.69, 9.17) is 4.74 Å². The van der Waals surface area contributed by atoms with Gasteiger partial charge in [0.1, 0.15) is 11.2 Å². The average molecular weight is 375 g/mol. The summed E-state index contributed by atoms with van der Waals surface area (Å²) in [6.07, 6.45) is 3.27. The molecule has 0 spiro atoms. The largest absolute Gasteiger partial charge is 0.376 e. The zero-order valence-electron chi connectivity index (χ0n) is 15.5. The zero-order valence-corrected chi connectivity index (χ0v) is 15.5. The van der Waals surface area contributed by atoms with E-state index in [1.54, 1.807) is 17.0 Å². The normalized spacial score (nSPS) is 24.0. The molecule has 0 aromatic heterocycles. The Morgan fingerprint density at radius 1 is 1.19 bits per heavy atom. The van der Waals surface area contributed by atoms with Gasteiger partial charge in [0.15, 0.2) is 0 Å². The van der Waals surface area contributed by atoms with E-state index in [9.17, 15) is 14.0 Å². The van der Waals surface area contributed by atoms with Gasteiger partial charge in [-0.15, -0.1) is 0 Å². The van der Waals surface area contributed by atoms with Crippen LogP contribution in [0.4, 0.5) is 10.1 Å². The number of amides is 2. The molecule has 3 fully saturated rings. The lowest BCUT2D eigenvalue weighted by atomic mass is 10.0. The van der Waals surface area contributed by atoms with Crippen molar-refractivity contribution in [3.63, 3.8) is 0 Å². The number of nitrogens with one attached hydrogen (secondary N) is 1. The van der Waals surface area contributed by atoms with E-state index in [1.165, 1.54) is 6.07 Å². The van der Waals surface area contributed by atoms with E-state index in [-0.39, 0.29) is 23.7 Å². The Bertz CT molecular complexity index is 708. The van der Waals surface area contributed by atoms with E-state index >= 15 is 0 Å². The lowest BCUT2D eigenvalue weighted by molar-refractivity contribution is -0.144. The van der Waals surface area contributed by atoms with Gasteiger partial charge in [-0.05, 0) is 37.8 Å². The number of rotatable bonds is 5. The number of carbonyl (C=O) groups is 2. The van der Waals surface area contributed by atoms with E-state index in [0.29, 0.717) is 51.3 Å². The molecule has 1 saturated carbocycles. The predicted molar refractivity (Wildman–Crippen MR) is 98.8 cm³/mol. The van der Waals surface area contributed by atoms with Crippen LogP contribution in [-0.4, -0.2) is 62.1 Å². The first-order chi connectivity index (χ1) is 13.1. The number of hydrogen-bond donors (Lipinski definition) is 1. The molecule has 1 atom stereocenters. The summed E-state index contributed by atoms with van der Waals surface area (Å²) in [6.45, 7) is 3.38. The SMILES string of the molecule is O=C(NCC1CCCO1)C1(C(=O)N2CCN(c3ccccc3F)CC2)CC1. The highest BCUT2D eigenvalue weighted by Crippen LogP contribution is 2.47. The maximum absolute atomic E-state index is 14.0. The quantitative estimate of drug-likeness (QED) is 0.794. The molecule has 27 heavy (non-hydrogen) atoms. The molecule has 2 aliphatic heterocycles. The minimum absolute atomic E-state index is 0.0733. The molecule has 4 rings (SSSR count). The summed E-state index contributed by atoms with van der Waals surface area (Å²) in [4.78, 5) is 29.3. The number of para-hydroxylation sites is 1. The minimum atomic E-state index is -0.890. The summed E-state index contributed by atoms with van der Waals surface area (Å²) >= 11 is 0. The maximum Gasteiger partial charge on any atom is 0.238 e. The fraction of sp³-hybridized carbons (Fsp3) is 0.600. The average Bonchev–Trinajstić information content (AvgIpc) is 3.35. The molecule has 3 aliphatic rings. The van der Waals surface area contributed by atoms with Crippen molar-refractivity contribution >= 4 is 17.5 Å². The van der Waals surface area contributed by atoms with Crippen LogP contribution in [0.3, 0.4) is 0 Å². The molecule has 2 amide bonds. The summed E-state index contributed by atoms with van der Waals surface area (Å²) in [5, 5.41) is 2.92. The van der Waals surface area contributed by atoms with Gasteiger partial charge < -0.3 is 19.9 Å². The van der Waals surface area contributed by atoms with E-state index in [2.05, 4.69) is 5.32 Å². The standard InChI is InChI=1S/C20H26FN3O3/c21-16-5-1-2-6-17(16)23-9-11-24(12-10-23)19(26)20(7-8-20)18(25)22-14-15-4-3-13-27-15/h1-2,5-6,15H,3-4,7-14H2,(H,22,25). The van der Waals surface area contributed by atoms with Gasteiger partial charge in [0.25, 0.3) is 0 Å². The minimum Gasteiger partial charge on any atom is -0.376 e. The Kier molecular flexibility index (Phi) is 5.04. The Hall–Kier alpha value is -2.15. The summed E-state index contributed by atoms with van der Waals surface area (Å²) < 4.78 is 19.5. The third kappa shape index (κ3) is 3.65. The number of piperazine rings is 1. The molecule has 0 bridgehead atoms. The second-order valence-corrected chi connectivity index (χ2v) is 7.66. The fourth-order valence-corrected chi connectivity index (χ4v) is 4.01. The summed E-state index contributed by atoms with van der Waals surface area (Å²) in [7, 11) is 0. The van der Waals surface area contributed by atoms with Crippen LogP contribution < -0.4 is 10.2 Å². The van der Waals surface area contributed by atoms with Gasteiger partial charge in [0.2, 0.25) is 11.8 Å². The zero-order chi connectivity index (χ0) is 18.9. The van der Waals surface area contributed by atoms with Crippen LogP contribution in [0.5, 0.6) is 0 Å². The van der Waals surface area contributed by atoms with Gasteiger partial charge in [-0.1, -0.05) is 12.1 Å². The first-order valence-corrected chi connectivity index (χ1v) is 9.79. The van der Waals surface area contributed by atoms with Crippen LogP contribution in [0.15, 0.2) is 24.3 Å². The van der Waals surface area contributed by atoms with Crippen molar-refractivity contribution in [1.82, 2.24) is 10.2 Å². The van der Waals surface area contributed by atoms with Crippen molar-refractivity contribution in [2.24, 2.45) is 5.41 Å². The van der Waals surface area contributed by atoms with Crippen LogP contribution in [0, 0.1) is 11.2 Å². The lowest BCUT2D eigenvalue weighted by Crippen LogP contribution is -2.53. The summed E-state index contributed by atoms with van der Waals surface area (Å²) in [5.74, 6) is -0.496. The molecule has 1 N–H and O–H groups in total. The van der Waals surface area contributed by atoms with Gasteiger partial charge in [-0.3, -0.25) is 9.59 Å². The Labute approximate surface area is 158 Å². The van der Waals surface area contributed by atoms with Gasteiger partial charge in [-0.25, -0.2) is 4.39 Å². The number of carbonyl (C=O) groups excluding carboxylic acids is 2. The highest BCUT2D eigenvalue weighted by molar-refractivity contribution is 6.07. The van der Waals surface area contributed by atoms with Gasteiger partial charge >= 0.3 is 0 Å². The third-order valence-corrected chi connectivity index (χ3v) is 5.87.